The second-order valence-corrected chi connectivity index (χ2v) is 5.10. The van der Waals surface area contributed by atoms with Crippen LogP contribution in [-0.4, -0.2) is 27.1 Å². The molecule has 1 aromatic carbocycles. The number of amidine groups is 1. The van der Waals surface area contributed by atoms with E-state index in [9.17, 15) is 0 Å². The standard InChI is InChI=1S/C12H13ClN4OS/c1-7-8(13)6-17(15-7)9-4-3-5-10(19-2)11(9)12(14)16-18/h3-6,18H,1-2H3,(H2,14,16). The molecule has 19 heavy (non-hydrogen) atoms. The minimum absolute atomic E-state index is 0.0456. The minimum atomic E-state index is 0.0456. The molecule has 2 rings (SSSR count). The Morgan fingerprint density at radius 2 is 2.26 bits per heavy atom. The monoisotopic (exact) mass is 296 g/mol. The van der Waals surface area contributed by atoms with E-state index in [0.29, 0.717) is 10.6 Å². The lowest BCUT2D eigenvalue weighted by Gasteiger charge is -2.12. The van der Waals surface area contributed by atoms with Crippen LogP contribution < -0.4 is 5.73 Å². The first-order valence-corrected chi connectivity index (χ1v) is 7.05. The van der Waals surface area contributed by atoms with Crippen LogP contribution in [0.5, 0.6) is 0 Å². The number of benzene rings is 1. The number of hydrogen-bond donors (Lipinski definition) is 2. The Labute approximate surface area is 120 Å². The first-order valence-electron chi connectivity index (χ1n) is 5.45. The molecule has 7 heteroatoms. The summed E-state index contributed by atoms with van der Waals surface area (Å²) in [5.41, 5.74) is 7.85. The molecule has 100 valence electrons. The van der Waals surface area contributed by atoms with E-state index >= 15 is 0 Å². The van der Waals surface area contributed by atoms with Gasteiger partial charge in [0.05, 0.1) is 22.0 Å². The maximum absolute atomic E-state index is 8.94. The highest BCUT2D eigenvalue weighted by atomic mass is 35.5. The summed E-state index contributed by atoms with van der Waals surface area (Å²) in [7, 11) is 0. The van der Waals surface area contributed by atoms with Gasteiger partial charge in [-0.2, -0.15) is 5.10 Å². The van der Waals surface area contributed by atoms with Crippen LogP contribution >= 0.6 is 23.4 Å². The van der Waals surface area contributed by atoms with Crippen molar-refractivity contribution in [1.82, 2.24) is 9.78 Å². The maximum Gasteiger partial charge on any atom is 0.173 e. The van der Waals surface area contributed by atoms with Gasteiger partial charge in [-0.25, -0.2) is 4.68 Å². The molecule has 2 aromatic rings. The molecule has 1 heterocycles. The van der Waals surface area contributed by atoms with Crippen LogP contribution in [0.2, 0.25) is 5.02 Å². The number of nitrogens with zero attached hydrogens (tertiary/aromatic N) is 3. The van der Waals surface area contributed by atoms with Gasteiger partial charge in [-0.1, -0.05) is 22.8 Å². The van der Waals surface area contributed by atoms with Crippen molar-refractivity contribution in [3.05, 3.63) is 40.7 Å². The number of rotatable bonds is 3. The van der Waals surface area contributed by atoms with Crippen LogP contribution in [0, 0.1) is 6.92 Å². The molecular formula is C12H13ClN4OS. The molecule has 0 fully saturated rings. The summed E-state index contributed by atoms with van der Waals surface area (Å²) in [6, 6.07) is 5.63. The number of aromatic nitrogens is 2. The topological polar surface area (TPSA) is 76.4 Å². The predicted octanol–water partition coefficient (Wildman–Crippen LogP) is 2.65. The maximum atomic E-state index is 8.94. The highest BCUT2D eigenvalue weighted by molar-refractivity contribution is 7.98. The van der Waals surface area contributed by atoms with E-state index in [1.165, 1.54) is 11.8 Å². The summed E-state index contributed by atoms with van der Waals surface area (Å²) in [6.07, 6.45) is 3.62. The van der Waals surface area contributed by atoms with Gasteiger partial charge < -0.3 is 10.9 Å². The van der Waals surface area contributed by atoms with Crippen molar-refractivity contribution >= 4 is 29.2 Å². The van der Waals surface area contributed by atoms with Crippen LogP contribution in [0.3, 0.4) is 0 Å². The number of halogens is 1. The van der Waals surface area contributed by atoms with Gasteiger partial charge in [-0.3, -0.25) is 0 Å². The fraction of sp³-hybridized carbons (Fsp3) is 0.167. The number of oxime groups is 1. The lowest BCUT2D eigenvalue weighted by Crippen LogP contribution is -2.17. The highest BCUT2D eigenvalue weighted by Gasteiger charge is 2.15. The molecule has 0 aliphatic rings. The van der Waals surface area contributed by atoms with Gasteiger partial charge in [0, 0.05) is 11.1 Å². The molecular weight excluding hydrogens is 284 g/mol. The molecule has 0 aliphatic carbocycles. The number of hydrogen-bond acceptors (Lipinski definition) is 4. The molecule has 0 bridgehead atoms. The van der Waals surface area contributed by atoms with Crippen LogP contribution in [0.4, 0.5) is 0 Å². The van der Waals surface area contributed by atoms with Gasteiger partial charge in [0.1, 0.15) is 0 Å². The van der Waals surface area contributed by atoms with Gasteiger partial charge >= 0.3 is 0 Å². The van der Waals surface area contributed by atoms with Gasteiger partial charge in [-0.15, -0.1) is 11.8 Å². The third-order valence-electron chi connectivity index (χ3n) is 2.67. The van der Waals surface area contributed by atoms with Crippen molar-refractivity contribution in [2.24, 2.45) is 10.9 Å². The third kappa shape index (κ3) is 2.54. The lowest BCUT2D eigenvalue weighted by molar-refractivity contribution is 0.318. The largest absolute Gasteiger partial charge is 0.409 e. The van der Waals surface area contributed by atoms with Crippen molar-refractivity contribution in [3.8, 4) is 5.69 Å². The Morgan fingerprint density at radius 3 is 2.79 bits per heavy atom. The fourth-order valence-electron chi connectivity index (χ4n) is 1.75. The zero-order chi connectivity index (χ0) is 14.0. The van der Waals surface area contributed by atoms with Gasteiger partial charge in [0.2, 0.25) is 0 Å². The SMILES string of the molecule is CSc1cccc(-n2cc(Cl)c(C)n2)c1/C(N)=N/O. The molecule has 0 spiro atoms. The first-order chi connectivity index (χ1) is 9.08. The number of thioether (sulfide) groups is 1. The van der Waals surface area contributed by atoms with Crippen LogP contribution in [-0.2, 0) is 0 Å². The van der Waals surface area contributed by atoms with Crippen LogP contribution in [0.25, 0.3) is 5.69 Å². The number of aryl methyl sites for hydroxylation is 1. The van der Waals surface area contributed by atoms with Crippen molar-refractivity contribution in [2.45, 2.75) is 11.8 Å². The van der Waals surface area contributed by atoms with E-state index in [0.717, 1.165) is 16.3 Å². The Bertz CT molecular complexity index is 619. The average molecular weight is 297 g/mol. The molecule has 0 atom stereocenters. The highest BCUT2D eigenvalue weighted by Crippen LogP contribution is 2.27. The fourth-order valence-corrected chi connectivity index (χ4v) is 2.51. The molecule has 3 N–H and O–H groups in total. The van der Waals surface area contributed by atoms with E-state index in [-0.39, 0.29) is 5.84 Å². The first kappa shape index (κ1) is 13.8. The van der Waals surface area contributed by atoms with E-state index < -0.39 is 0 Å². The summed E-state index contributed by atoms with van der Waals surface area (Å²) < 4.78 is 1.63. The van der Waals surface area contributed by atoms with E-state index in [2.05, 4.69) is 10.3 Å². The second kappa shape index (κ2) is 5.54. The molecule has 0 unspecified atom stereocenters. The van der Waals surface area contributed by atoms with E-state index in [4.69, 9.17) is 22.5 Å². The summed E-state index contributed by atoms with van der Waals surface area (Å²) >= 11 is 7.53. The minimum Gasteiger partial charge on any atom is -0.409 e. The smallest absolute Gasteiger partial charge is 0.173 e. The zero-order valence-corrected chi connectivity index (χ0v) is 12.0. The molecule has 0 saturated carbocycles. The van der Waals surface area contributed by atoms with Crippen molar-refractivity contribution < 1.29 is 5.21 Å². The predicted molar refractivity (Wildman–Crippen MR) is 77.6 cm³/mol. The van der Waals surface area contributed by atoms with Gasteiger partial charge in [0.15, 0.2) is 5.84 Å². The summed E-state index contributed by atoms with van der Waals surface area (Å²) in [6.45, 7) is 1.82. The molecule has 0 radical (unpaired) electrons. The Hall–Kier alpha value is -1.66. The summed E-state index contributed by atoms with van der Waals surface area (Å²) in [5, 5.41) is 16.9. The molecule has 0 amide bonds. The zero-order valence-electron chi connectivity index (χ0n) is 10.5. The summed E-state index contributed by atoms with van der Waals surface area (Å²) in [5.74, 6) is 0.0456. The lowest BCUT2D eigenvalue weighted by atomic mass is 10.1. The molecule has 0 saturated heterocycles. The molecule has 5 nitrogen and oxygen atoms in total. The molecule has 0 aliphatic heterocycles. The van der Waals surface area contributed by atoms with Gasteiger partial charge in [0.25, 0.3) is 0 Å². The van der Waals surface area contributed by atoms with Crippen LogP contribution in [0.15, 0.2) is 34.4 Å². The average Bonchev–Trinajstić information content (AvgIpc) is 2.76. The Balaban J connectivity index is 2.69. The third-order valence-corrected chi connectivity index (χ3v) is 3.82. The Kier molecular flexibility index (Phi) is 4.01. The van der Waals surface area contributed by atoms with Gasteiger partial charge in [-0.05, 0) is 25.3 Å². The number of nitrogens with two attached hydrogens (primary N) is 1. The van der Waals surface area contributed by atoms with E-state index in [1.807, 2.05) is 31.4 Å². The van der Waals surface area contributed by atoms with Crippen molar-refractivity contribution in [3.63, 3.8) is 0 Å². The van der Waals surface area contributed by atoms with Crippen LogP contribution in [0.1, 0.15) is 11.3 Å². The summed E-state index contributed by atoms with van der Waals surface area (Å²) in [4.78, 5) is 0.900. The Morgan fingerprint density at radius 1 is 1.53 bits per heavy atom. The van der Waals surface area contributed by atoms with E-state index in [1.54, 1.807) is 10.9 Å². The second-order valence-electron chi connectivity index (χ2n) is 3.85. The normalized spacial score (nSPS) is 11.8. The van der Waals surface area contributed by atoms with Crippen molar-refractivity contribution in [1.29, 1.82) is 0 Å². The molecule has 1 aromatic heterocycles. The quantitative estimate of drug-likeness (QED) is 0.300. The van der Waals surface area contributed by atoms with Crippen molar-refractivity contribution in [2.75, 3.05) is 6.26 Å².